The number of thiophene rings is 1. The van der Waals surface area contributed by atoms with Crippen LogP contribution in [0.2, 0.25) is 0 Å². The number of amides is 1. The Hall–Kier alpha value is -3.10. The first kappa shape index (κ1) is 27.5. The maximum absolute atomic E-state index is 14.3. The summed E-state index contributed by atoms with van der Waals surface area (Å²) in [6, 6.07) is 13.4. The first-order valence-corrected chi connectivity index (χ1v) is 15.1. The van der Waals surface area contributed by atoms with E-state index in [1.807, 2.05) is 56.3 Å². The van der Waals surface area contributed by atoms with E-state index in [9.17, 15) is 9.59 Å². The van der Waals surface area contributed by atoms with Gasteiger partial charge in [0.1, 0.15) is 10.6 Å². The normalized spacial score (nSPS) is 15.3. The van der Waals surface area contributed by atoms with Crippen molar-refractivity contribution in [2.24, 2.45) is 11.3 Å². The van der Waals surface area contributed by atoms with Crippen molar-refractivity contribution in [3.8, 4) is 11.4 Å². The third-order valence-electron chi connectivity index (χ3n) is 7.60. The predicted molar refractivity (Wildman–Crippen MR) is 162 cm³/mol. The molecule has 0 radical (unpaired) electrons. The van der Waals surface area contributed by atoms with Crippen LogP contribution in [0.15, 0.2) is 52.4 Å². The molecule has 2 heterocycles. The highest BCUT2D eigenvalue weighted by atomic mass is 32.2. The van der Waals surface area contributed by atoms with Crippen LogP contribution in [0, 0.1) is 25.2 Å². The highest BCUT2D eigenvalue weighted by Gasteiger charge is 2.32. The van der Waals surface area contributed by atoms with E-state index in [2.05, 4.69) is 26.1 Å². The van der Waals surface area contributed by atoms with Crippen LogP contribution in [0.4, 0.5) is 5.69 Å². The van der Waals surface area contributed by atoms with Crippen molar-refractivity contribution in [2.75, 3.05) is 18.2 Å². The Kier molecular flexibility index (Phi) is 7.62. The zero-order valence-corrected chi connectivity index (χ0v) is 25.0. The number of hydrogen-bond acceptors (Lipinski definition) is 6. The number of hydrogen-bond donors (Lipinski definition) is 1. The van der Waals surface area contributed by atoms with Gasteiger partial charge in [-0.2, -0.15) is 0 Å². The molecule has 0 aliphatic heterocycles. The van der Waals surface area contributed by atoms with Crippen molar-refractivity contribution in [1.82, 2.24) is 9.55 Å². The molecule has 4 aromatic rings. The molecule has 1 atom stereocenters. The molecule has 1 amide bonds. The molecule has 0 fully saturated rings. The molecule has 1 N–H and O–H groups in total. The second-order valence-electron chi connectivity index (χ2n) is 11.4. The lowest BCUT2D eigenvalue weighted by Crippen LogP contribution is -2.27. The second-order valence-corrected chi connectivity index (χ2v) is 13.4. The van der Waals surface area contributed by atoms with Crippen molar-refractivity contribution in [3.63, 3.8) is 0 Å². The highest BCUT2D eigenvalue weighted by Crippen LogP contribution is 2.42. The smallest absolute Gasteiger partial charge is 0.267 e. The summed E-state index contributed by atoms with van der Waals surface area (Å²) in [7, 11) is 1.62. The average Bonchev–Trinajstić information content (AvgIpc) is 3.27. The van der Waals surface area contributed by atoms with E-state index in [4.69, 9.17) is 9.72 Å². The molecule has 0 saturated carbocycles. The van der Waals surface area contributed by atoms with Gasteiger partial charge in [0, 0.05) is 16.6 Å². The zero-order valence-electron chi connectivity index (χ0n) is 23.4. The molecular formula is C31H35N3O3S2. The summed E-state index contributed by atoms with van der Waals surface area (Å²) in [6.45, 7) is 10.9. The van der Waals surface area contributed by atoms with Gasteiger partial charge in [-0.05, 0) is 73.8 Å². The van der Waals surface area contributed by atoms with E-state index >= 15 is 0 Å². The van der Waals surface area contributed by atoms with E-state index in [1.165, 1.54) is 16.6 Å². The Balaban J connectivity index is 1.57. The van der Waals surface area contributed by atoms with Crippen LogP contribution in [0.3, 0.4) is 0 Å². The Morgan fingerprint density at radius 2 is 1.92 bits per heavy atom. The first-order chi connectivity index (χ1) is 18.5. The van der Waals surface area contributed by atoms with Gasteiger partial charge in [0.15, 0.2) is 5.16 Å². The summed E-state index contributed by atoms with van der Waals surface area (Å²) in [5.41, 5.74) is 4.81. The Labute approximate surface area is 237 Å². The summed E-state index contributed by atoms with van der Waals surface area (Å²) < 4.78 is 7.16. The molecule has 0 spiro atoms. The van der Waals surface area contributed by atoms with Crippen LogP contribution in [-0.4, -0.2) is 28.3 Å². The van der Waals surface area contributed by atoms with Crippen LogP contribution in [0.25, 0.3) is 15.9 Å². The minimum absolute atomic E-state index is 0.0792. The van der Waals surface area contributed by atoms with Crippen molar-refractivity contribution in [1.29, 1.82) is 0 Å². The van der Waals surface area contributed by atoms with Gasteiger partial charge < -0.3 is 10.1 Å². The lowest BCUT2D eigenvalue weighted by atomic mass is 9.72. The highest BCUT2D eigenvalue weighted by molar-refractivity contribution is 7.99. The number of aryl methyl sites for hydroxylation is 3. The summed E-state index contributed by atoms with van der Waals surface area (Å²) in [4.78, 5) is 34.2. The lowest BCUT2D eigenvalue weighted by Gasteiger charge is -2.33. The number of nitrogens with zero attached hydrogens (tertiary/aromatic N) is 2. The van der Waals surface area contributed by atoms with Gasteiger partial charge in [-0.3, -0.25) is 14.2 Å². The lowest BCUT2D eigenvalue weighted by molar-refractivity contribution is -0.113. The van der Waals surface area contributed by atoms with E-state index in [0.717, 1.165) is 57.5 Å². The van der Waals surface area contributed by atoms with Crippen molar-refractivity contribution in [2.45, 2.75) is 59.0 Å². The number of fused-ring (bicyclic) bond motifs is 3. The number of anilines is 1. The third kappa shape index (κ3) is 5.63. The molecule has 2 aromatic carbocycles. The summed E-state index contributed by atoms with van der Waals surface area (Å²) in [5, 5.41) is 4.18. The van der Waals surface area contributed by atoms with E-state index < -0.39 is 0 Å². The summed E-state index contributed by atoms with van der Waals surface area (Å²) in [6.07, 6.45) is 2.92. The second kappa shape index (κ2) is 10.8. The fourth-order valence-electron chi connectivity index (χ4n) is 5.18. The van der Waals surface area contributed by atoms with Gasteiger partial charge in [0.05, 0.1) is 23.9 Å². The molecule has 8 heteroatoms. The van der Waals surface area contributed by atoms with Crippen LogP contribution >= 0.6 is 23.1 Å². The molecule has 1 aliphatic carbocycles. The molecule has 204 valence electrons. The van der Waals surface area contributed by atoms with Gasteiger partial charge in [-0.25, -0.2) is 4.98 Å². The molecule has 2 aromatic heterocycles. The number of carbonyl (C=O) groups excluding carboxylic acids is 1. The van der Waals surface area contributed by atoms with Crippen LogP contribution in [0.5, 0.6) is 5.75 Å². The van der Waals surface area contributed by atoms with Crippen LogP contribution < -0.4 is 15.6 Å². The van der Waals surface area contributed by atoms with Gasteiger partial charge in [0.2, 0.25) is 5.91 Å². The maximum atomic E-state index is 14.3. The average molecular weight is 562 g/mol. The number of aromatic nitrogens is 2. The van der Waals surface area contributed by atoms with Gasteiger partial charge >= 0.3 is 0 Å². The molecule has 0 saturated heterocycles. The monoisotopic (exact) mass is 561 g/mol. The van der Waals surface area contributed by atoms with Gasteiger partial charge in [-0.15, -0.1) is 11.3 Å². The third-order valence-corrected chi connectivity index (χ3v) is 9.69. The molecule has 0 bridgehead atoms. The minimum Gasteiger partial charge on any atom is -0.497 e. The topological polar surface area (TPSA) is 73.2 Å². The Bertz CT molecular complexity index is 1600. The number of rotatable bonds is 6. The number of nitrogens with one attached hydrogen (secondary N) is 1. The van der Waals surface area contributed by atoms with Crippen molar-refractivity contribution in [3.05, 3.63) is 74.4 Å². The number of carbonyl (C=O) groups is 1. The van der Waals surface area contributed by atoms with Crippen LogP contribution in [-0.2, 0) is 17.6 Å². The largest absolute Gasteiger partial charge is 0.497 e. The quantitative estimate of drug-likeness (QED) is 0.204. The Morgan fingerprint density at radius 3 is 2.62 bits per heavy atom. The Morgan fingerprint density at radius 1 is 1.18 bits per heavy atom. The maximum Gasteiger partial charge on any atom is 0.267 e. The van der Waals surface area contributed by atoms with E-state index in [-0.39, 0.29) is 22.6 Å². The number of benzene rings is 2. The fraction of sp³-hybridized carbons (Fsp3) is 0.387. The molecule has 0 unspecified atom stereocenters. The number of ether oxygens (including phenoxy) is 1. The molecule has 1 aliphatic rings. The van der Waals surface area contributed by atoms with Crippen molar-refractivity contribution >= 4 is 44.9 Å². The minimum atomic E-state index is -0.148. The molecule has 6 nitrogen and oxygen atoms in total. The molecule has 5 rings (SSSR count). The standard InChI is InChI=1S/C31H35N3O3S2/c1-18-7-11-21(12-8-18)32-26(35)17-38-30-33-28-27(23-14-10-20(31(3,4)5)15-25(23)39-28)29(36)34(30)24-16-22(37-6)13-9-19(24)2/h7-9,11-13,16,20H,10,14-15,17H2,1-6H3,(H,32,35)/t20-/m1/s1. The summed E-state index contributed by atoms with van der Waals surface area (Å²) in [5.74, 6) is 1.22. The van der Waals surface area contributed by atoms with Crippen LogP contribution in [0.1, 0.15) is 48.8 Å². The van der Waals surface area contributed by atoms with Gasteiger partial charge in [-0.1, -0.05) is 56.3 Å². The van der Waals surface area contributed by atoms with Gasteiger partial charge in [0.25, 0.3) is 5.56 Å². The van der Waals surface area contributed by atoms with Crippen molar-refractivity contribution < 1.29 is 9.53 Å². The summed E-state index contributed by atoms with van der Waals surface area (Å²) >= 11 is 2.92. The number of methoxy groups -OCH3 is 1. The van der Waals surface area contributed by atoms with E-state index in [0.29, 0.717) is 16.8 Å². The zero-order chi connectivity index (χ0) is 27.9. The molecule has 39 heavy (non-hydrogen) atoms. The fourth-order valence-corrected chi connectivity index (χ4v) is 7.32. The predicted octanol–water partition coefficient (Wildman–Crippen LogP) is 6.95. The van der Waals surface area contributed by atoms with E-state index in [1.54, 1.807) is 23.0 Å². The molecular weight excluding hydrogens is 526 g/mol. The SMILES string of the molecule is COc1ccc(C)c(-n2c(SCC(=O)Nc3ccc(C)cc3)nc3sc4c(c3c2=O)CC[C@@H](C(C)(C)C)C4)c1. The number of thioether (sulfide) groups is 1. The first-order valence-electron chi connectivity index (χ1n) is 13.3.